The van der Waals surface area contributed by atoms with E-state index in [0.29, 0.717) is 16.3 Å². The van der Waals surface area contributed by atoms with Gasteiger partial charge in [0.1, 0.15) is 18.5 Å². The standard InChI is InChI=1S/C24H24Cl2FN5O2/c1-15(22-19(25)3-4-20(27)23(22)26)34-21-11-16(12-29-24(21)28)17-13-30-32(14-17)18-5-8-31(9-6-18)7-2-10-33/h3-4,11-15,18,33H,5-6,8-10H2,1H3,(H2,28,29). The maximum absolute atomic E-state index is 13.9. The van der Waals surface area contributed by atoms with Crippen LogP contribution in [0.4, 0.5) is 10.2 Å². The highest BCUT2D eigenvalue weighted by Crippen LogP contribution is 2.37. The number of hydrogen-bond donors (Lipinski definition) is 2. The molecule has 178 valence electrons. The van der Waals surface area contributed by atoms with Gasteiger partial charge in [0.25, 0.3) is 0 Å². The number of nitrogens with two attached hydrogens (primary N) is 1. The van der Waals surface area contributed by atoms with Gasteiger partial charge in [-0.15, -0.1) is 0 Å². The van der Waals surface area contributed by atoms with Crippen molar-refractivity contribution in [1.29, 1.82) is 0 Å². The molecule has 34 heavy (non-hydrogen) atoms. The lowest BCUT2D eigenvalue weighted by Crippen LogP contribution is -2.31. The molecule has 0 spiro atoms. The van der Waals surface area contributed by atoms with Crippen molar-refractivity contribution >= 4 is 29.0 Å². The van der Waals surface area contributed by atoms with Crippen LogP contribution in [0.1, 0.15) is 37.5 Å². The smallest absolute Gasteiger partial charge is 0.166 e. The van der Waals surface area contributed by atoms with Crippen molar-refractivity contribution in [2.24, 2.45) is 0 Å². The summed E-state index contributed by atoms with van der Waals surface area (Å²) >= 11 is 12.3. The summed E-state index contributed by atoms with van der Waals surface area (Å²) in [5.41, 5.74) is 8.04. The highest BCUT2D eigenvalue weighted by molar-refractivity contribution is 6.36. The predicted octanol–water partition coefficient (Wildman–Crippen LogP) is 4.70. The van der Waals surface area contributed by atoms with Crippen LogP contribution in [0.5, 0.6) is 5.75 Å². The Morgan fingerprint density at radius 1 is 1.26 bits per heavy atom. The Morgan fingerprint density at radius 3 is 2.76 bits per heavy atom. The van der Waals surface area contributed by atoms with Gasteiger partial charge in [-0.3, -0.25) is 4.68 Å². The van der Waals surface area contributed by atoms with Crippen LogP contribution in [0.25, 0.3) is 11.1 Å². The van der Waals surface area contributed by atoms with Crippen molar-refractivity contribution in [2.75, 3.05) is 25.4 Å². The first kappa shape index (κ1) is 24.1. The molecule has 3 heterocycles. The first-order valence-electron chi connectivity index (χ1n) is 10.8. The molecule has 1 aliphatic rings. The monoisotopic (exact) mass is 503 g/mol. The van der Waals surface area contributed by atoms with Crippen molar-refractivity contribution in [3.63, 3.8) is 0 Å². The van der Waals surface area contributed by atoms with Gasteiger partial charge in [-0.2, -0.15) is 5.10 Å². The number of anilines is 1. The third-order valence-corrected chi connectivity index (χ3v) is 6.47. The highest BCUT2D eigenvalue weighted by Gasteiger charge is 2.22. The zero-order chi connectivity index (χ0) is 24.2. The number of aliphatic hydroxyl groups excluding tert-OH is 1. The number of nitrogen functional groups attached to an aromatic ring is 1. The van der Waals surface area contributed by atoms with Crippen LogP contribution < -0.4 is 10.5 Å². The fourth-order valence-electron chi connectivity index (χ4n) is 3.95. The maximum atomic E-state index is 13.9. The van der Waals surface area contributed by atoms with Crippen LogP contribution in [0, 0.1) is 17.8 Å². The molecule has 2 aromatic heterocycles. The second kappa shape index (κ2) is 10.5. The third kappa shape index (κ3) is 5.22. The van der Waals surface area contributed by atoms with Gasteiger partial charge in [0, 0.05) is 53.2 Å². The minimum Gasteiger partial charge on any atom is -0.482 e. The summed E-state index contributed by atoms with van der Waals surface area (Å²) in [5.74, 6) is 2.65. The molecular formula is C24H24Cl2FN5O2. The number of rotatable bonds is 5. The van der Waals surface area contributed by atoms with Crippen LogP contribution in [0.15, 0.2) is 36.8 Å². The zero-order valence-electron chi connectivity index (χ0n) is 18.5. The second-order valence-corrected chi connectivity index (χ2v) is 8.78. The molecule has 7 nitrogen and oxygen atoms in total. The summed E-state index contributed by atoms with van der Waals surface area (Å²) < 4.78 is 21.9. The Bertz CT molecular complexity index is 1230. The van der Waals surface area contributed by atoms with Crippen molar-refractivity contribution in [2.45, 2.75) is 31.9 Å². The number of pyridine rings is 1. The van der Waals surface area contributed by atoms with E-state index in [4.69, 9.17) is 38.8 Å². The lowest BCUT2D eigenvalue weighted by molar-refractivity contribution is 0.227. The van der Waals surface area contributed by atoms with E-state index in [2.05, 4.69) is 22.0 Å². The molecule has 1 unspecified atom stereocenters. The summed E-state index contributed by atoms with van der Waals surface area (Å²) in [6.07, 6.45) is 6.56. The van der Waals surface area contributed by atoms with Gasteiger partial charge in [-0.05, 0) is 38.0 Å². The number of piperidine rings is 1. The van der Waals surface area contributed by atoms with E-state index in [1.807, 2.05) is 15.8 Å². The summed E-state index contributed by atoms with van der Waals surface area (Å²) in [7, 11) is 0. The molecule has 1 atom stereocenters. The quantitative estimate of drug-likeness (QED) is 0.387. The number of aromatic nitrogens is 3. The predicted molar refractivity (Wildman–Crippen MR) is 130 cm³/mol. The first-order valence-corrected chi connectivity index (χ1v) is 11.6. The van der Waals surface area contributed by atoms with Gasteiger partial charge in [0.2, 0.25) is 0 Å². The number of aliphatic hydroxyl groups is 1. The minimum absolute atomic E-state index is 0.0858. The number of benzene rings is 1. The molecule has 1 aliphatic heterocycles. The molecule has 0 saturated carbocycles. The van der Waals surface area contributed by atoms with Gasteiger partial charge in [0.05, 0.1) is 17.3 Å². The first-order chi connectivity index (χ1) is 16.4. The average molecular weight is 504 g/mol. The highest BCUT2D eigenvalue weighted by atomic mass is 35.5. The van der Waals surface area contributed by atoms with E-state index in [9.17, 15) is 4.39 Å². The molecule has 10 heteroatoms. The SMILES string of the molecule is CC(Oc1cc(-c2cnn(C3CCN(C#CCO)CC3)c2)cnc1N)c1c(Cl)ccc(F)c1Cl. The summed E-state index contributed by atoms with van der Waals surface area (Å²) in [6.45, 7) is 3.22. The van der Waals surface area contributed by atoms with Gasteiger partial charge < -0.3 is 20.5 Å². The van der Waals surface area contributed by atoms with E-state index in [0.717, 1.165) is 37.1 Å². The maximum Gasteiger partial charge on any atom is 0.166 e. The van der Waals surface area contributed by atoms with Gasteiger partial charge in [-0.25, -0.2) is 9.37 Å². The molecule has 1 fully saturated rings. The Hall–Kier alpha value is -2.99. The molecule has 1 aromatic carbocycles. The summed E-state index contributed by atoms with van der Waals surface area (Å²) in [6, 6.07) is 7.64. The molecule has 4 rings (SSSR count). The number of likely N-dealkylation sites (tertiary alicyclic amines) is 1. The van der Waals surface area contributed by atoms with Crippen molar-refractivity contribution < 1.29 is 14.2 Å². The number of halogens is 3. The summed E-state index contributed by atoms with van der Waals surface area (Å²) in [4.78, 5) is 6.28. The second-order valence-electron chi connectivity index (χ2n) is 8.00. The minimum atomic E-state index is -0.656. The van der Waals surface area contributed by atoms with E-state index < -0.39 is 11.9 Å². The normalized spacial score (nSPS) is 15.0. The third-order valence-electron chi connectivity index (χ3n) is 5.76. The topological polar surface area (TPSA) is 89.4 Å². The largest absolute Gasteiger partial charge is 0.482 e. The van der Waals surface area contributed by atoms with E-state index in [1.165, 1.54) is 12.1 Å². The fraction of sp³-hybridized carbons (Fsp3) is 0.333. The fourth-order valence-corrected chi connectivity index (χ4v) is 4.63. The van der Waals surface area contributed by atoms with Crippen LogP contribution in [0.3, 0.4) is 0 Å². The lowest BCUT2D eigenvalue weighted by atomic mass is 10.1. The Morgan fingerprint density at radius 2 is 2.03 bits per heavy atom. The van der Waals surface area contributed by atoms with Gasteiger partial charge in [-0.1, -0.05) is 29.1 Å². The number of ether oxygens (including phenoxy) is 1. The average Bonchev–Trinajstić information content (AvgIpc) is 3.32. The van der Waals surface area contributed by atoms with E-state index in [1.54, 1.807) is 25.4 Å². The van der Waals surface area contributed by atoms with Crippen molar-refractivity contribution in [3.05, 3.63) is 58.2 Å². The van der Waals surface area contributed by atoms with Crippen LogP contribution >= 0.6 is 23.2 Å². The molecule has 0 amide bonds. The molecule has 3 N–H and O–H groups in total. The Balaban J connectivity index is 1.50. The summed E-state index contributed by atoms with van der Waals surface area (Å²) in [5, 5.41) is 13.6. The van der Waals surface area contributed by atoms with Gasteiger partial charge >= 0.3 is 0 Å². The molecule has 3 aromatic rings. The Kier molecular flexibility index (Phi) is 7.47. The van der Waals surface area contributed by atoms with E-state index >= 15 is 0 Å². The van der Waals surface area contributed by atoms with Crippen molar-refractivity contribution in [1.82, 2.24) is 19.7 Å². The number of hydrogen-bond acceptors (Lipinski definition) is 6. The molecule has 0 aliphatic carbocycles. The van der Waals surface area contributed by atoms with Crippen LogP contribution in [-0.2, 0) is 0 Å². The van der Waals surface area contributed by atoms with Gasteiger partial charge in [0.15, 0.2) is 11.6 Å². The number of nitrogens with zero attached hydrogens (tertiary/aromatic N) is 4. The Labute approximate surface area is 207 Å². The molecule has 0 bridgehead atoms. The van der Waals surface area contributed by atoms with Crippen LogP contribution in [0.2, 0.25) is 10.0 Å². The van der Waals surface area contributed by atoms with Crippen molar-refractivity contribution in [3.8, 4) is 28.8 Å². The zero-order valence-corrected chi connectivity index (χ0v) is 20.0. The molecule has 1 saturated heterocycles. The molecule has 0 radical (unpaired) electrons. The lowest BCUT2D eigenvalue weighted by Gasteiger charge is -2.29. The van der Waals surface area contributed by atoms with Crippen LogP contribution in [-0.4, -0.2) is 44.5 Å². The van der Waals surface area contributed by atoms with E-state index in [-0.39, 0.29) is 23.5 Å². The molecular weight excluding hydrogens is 480 g/mol.